The van der Waals surface area contributed by atoms with Crippen molar-refractivity contribution in [1.82, 2.24) is 4.90 Å². The summed E-state index contributed by atoms with van der Waals surface area (Å²) in [5.74, 6) is 1.31. The molecular formula is C20H23N3O2. The van der Waals surface area contributed by atoms with Gasteiger partial charge in [0.05, 0.1) is 0 Å². The Balaban J connectivity index is 1.65. The second-order valence-corrected chi connectivity index (χ2v) is 6.11. The number of nitrogens with one attached hydrogen (secondary N) is 1. The van der Waals surface area contributed by atoms with Gasteiger partial charge in [0.25, 0.3) is 0 Å². The number of anilines is 2. The summed E-state index contributed by atoms with van der Waals surface area (Å²) in [6.07, 6.45) is 1.24. The second-order valence-electron chi connectivity index (χ2n) is 6.11. The summed E-state index contributed by atoms with van der Waals surface area (Å²) in [4.78, 5) is 16.0. The Kier molecular flexibility index (Phi) is 5.36. The van der Waals surface area contributed by atoms with E-state index in [1.807, 2.05) is 24.3 Å². The maximum Gasteiger partial charge on any atom is 0.247 e. The normalized spacial score (nSPS) is 14.8. The molecule has 2 aromatic rings. The van der Waals surface area contributed by atoms with Gasteiger partial charge >= 0.3 is 0 Å². The highest BCUT2D eigenvalue weighted by atomic mass is 16.5. The fraction of sp³-hybridized carbons (Fsp3) is 0.250. The molecule has 1 aliphatic heterocycles. The third-order valence-corrected chi connectivity index (χ3v) is 4.23. The molecule has 0 radical (unpaired) electrons. The van der Waals surface area contributed by atoms with E-state index in [9.17, 15) is 4.79 Å². The van der Waals surface area contributed by atoms with E-state index in [4.69, 9.17) is 4.74 Å². The van der Waals surface area contributed by atoms with Crippen LogP contribution in [0.25, 0.3) is 0 Å². The van der Waals surface area contributed by atoms with E-state index in [-0.39, 0.29) is 5.91 Å². The molecule has 1 saturated heterocycles. The van der Waals surface area contributed by atoms with Crippen molar-refractivity contribution < 1.29 is 9.53 Å². The molecule has 0 aliphatic carbocycles. The number of hydrogen-bond acceptors (Lipinski definition) is 4. The van der Waals surface area contributed by atoms with E-state index in [1.54, 1.807) is 12.1 Å². The average Bonchev–Trinajstić information content (AvgIpc) is 2.64. The zero-order chi connectivity index (χ0) is 17.6. The first kappa shape index (κ1) is 17.0. The van der Waals surface area contributed by atoms with E-state index in [0.29, 0.717) is 5.69 Å². The second kappa shape index (κ2) is 7.85. The summed E-state index contributed by atoms with van der Waals surface area (Å²) in [5.41, 5.74) is 1.89. The van der Waals surface area contributed by atoms with Gasteiger partial charge in [-0.25, -0.2) is 0 Å². The van der Waals surface area contributed by atoms with Crippen LogP contribution in [0.3, 0.4) is 0 Å². The number of hydrogen-bond donors (Lipinski definition) is 1. The van der Waals surface area contributed by atoms with E-state index < -0.39 is 0 Å². The largest absolute Gasteiger partial charge is 0.457 e. The molecule has 25 heavy (non-hydrogen) atoms. The van der Waals surface area contributed by atoms with Crippen LogP contribution in [0.1, 0.15) is 0 Å². The van der Waals surface area contributed by atoms with Crippen LogP contribution in [-0.2, 0) is 4.79 Å². The number of benzene rings is 2. The number of rotatable bonds is 5. The number of amides is 1. The van der Waals surface area contributed by atoms with Gasteiger partial charge in [-0.15, -0.1) is 0 Å². The third kappa shape index (κ3) is 4.61. The Hall–Kier alpha value is -2.79. The molecule has 0 atom stereocenters. The van der Waals surface area contributed by atoms with Gasteiger partial charge in [-0.2, -0.15) is 0 Å². The lowest BCUT2D eigenvalue weighted by Crippen LogP contribution is -2.44. The number of carbonyl (C=O) groups is 1. The van der Waals surface area contributed by atoms with Gasteiger partial charge in [-0.05, 0) is 49.5 Å². The zero-order valence-electron chi connectivity index (χ0n) is 14.4. The first-order chi connectivity index (χ1) is 12.1. The Morgan fingerprint density at radius 2 is 1.80 bits per heavy atom. The molecule has 0 bridgehead atoms. The number of nitrogens with zero attached hydrogens (tertiary/aromatic N) is 2. The predicted octanol–water partition coefficient (Wildman–Crippen LogP) is 3.36. The van der Waals surface area contributed by atoms with E-state index in [1.165, 1.54) is 11.8 Å². The van der Waals surface area contributed by atoms with Gasteiger partial charge < -0.3 is 19.9 Å². The standard InChI is InChI=1S/C20H23N3O2/c1-3-20(24)21-16-7-9-18(10-8-16)25-19-6-4-5-17(15-19)23-13-11-22(2)12-14-23/h3-10,15H,1,11-14H2,2H3,(H,21,24). The topological polar surface area (TPSA) is 44.8 Å². The maximum absolute atomic E-state index is 11.3. The molecule has 0 aromatic heterocycles. The summed E-state index contributed by atoms with van der Waals surface area (Å²) >= 11 is 0. The van der Waals surface area contributed by atoms with Crippen molar-refractivity contribution in [1.29, 1.82) is 0 Å². The van der Waals surface area contributed by atoms with Gasteiger partial charge in [0.1, 0.15) is 11.5 Å². The van der Waals surface area contributed by atoms with Crippen LogP contribution in [0.15, 0.2) is 61.2 Å². The number of likely N-dealkylation sites (N-methyl/N-ethyl adjacent to an activating group) is 1. The summed E-state index contributed by atoms with van der Waals surface area (Å²) in [6, 6.07) is 15.4. The fourth-order valence-corrected chi connectivity index (χ4v) is 2.74. The van der Waals surface area contributed by atoms with Crippen molar-refractivity contribution in [3.8, 4) is 11.5 Å². The van der Waals surface area contributed by atoms with Crippen molar-refractivity contribution in [3.63, 3.8) is 0 Å². The molecule has 1 N–H and O–H groups in total. The van der Waals surface area contributed by atoms with Crippen LogP contribution in [-0.4, -0.2) is 44.0 Å². The third-order valence-electron chi connectivity index (χ3n) is 4.23. The molecule has 1 amide bonds. The molecule has 130 valence electrons. The SMILES string of the molecule is C=CC(=O)Nc1ccc(Oc2cccc(N3CCN(C)CC3)c2)cc1. The van der Waals surface area contributed by atoms with E-state index >= 15 is 0 Å². The summed E-state index contributed by atoms with van der Waals surface area (Å²) in [5, 5.41) is 2.72. The molecule has 1 fully saturated rings. The molecule has 5 nitrogen and oxygen atoms in total. The molecule has 3 rings (SSSR count). The smallest absolute Gasteiger partial charge is 0.247 e. The summed E-state index contributed by atoms with van der Waals surface area (Å²) in [6.45, 7) is 7.63. The molecule has 1 heterocycles. The van der Waals surface area contributed by atoms with Gasteiger partial charge in [0.15, 0.2) is 0 Å². The molecule has 5 heteroatoms. The van der Waals surface area contributed by atoms with Crippen LogP contribution in [0.5, 0.6) is 11.5 Å². The lowest BCUT2D eigenvalue weighted by molar-refractivity contribution is -0.111. The summed E-state index contributed by atoms with van der Waals surface area (Å²) in [7, 11) is 2.15. The minimum absolute atomic E-state index is 0.228. The van der Waals surface area contributed by atoms with Crippen molar-refractivity contribution >= 4 is 17.3 Å². The van der Waals surface area contributed by atoms with E-state index in [0.717, 1.165) is 37.7 Å². The molecular weight excluding hydrogens is 314 g/mol. The van der Waals surface area contributed by atoms with E-state index in [2.05, 4.69) is 40.9 Å². The fourth-order valence-electron chi connectivity index (χ4n) is 2.74. The number of ether oxygens (including phenoxy) is 1. The molecule has 0 spiro atoms. The highest BCUT2D eigenvalue weighted by Crippen LogP contribution is 2.27. The first-order valence-corrected chi connectivity index (χ1v) is 8.39. The Bertz CT molecular complexity index is 735. The number of piperazine rings is 1. The lowest BCUT2D eigenvalue weighted by atomic mass is 10.2. The molecule has 1 aliphatic rings. The average molecular weight is 337 g/mol. The van der Waals surface area contributed by atoms with Gasteiger partial charge in [0.2, 0.25) is 5.91 Å². The van der Waals surface area contributed by atoms with Gasteiger partial charge in [-0.1, -0.05) is 12.6 Å². The molecule has 0 saturated carbocycles. The van der Waals surface area contributed by atoms with Gasteiger partial charge in [-0.3, -0.25) is 4.79 Å². The minimum Gasteiger partial charge on any atom is -0.457 e. The van der Waals surface area contributed by atoms with Crippen molar-refractivity contribution in [2.45, 2.75) is 0 Å². The zero-order valence-corrected chi connectivity index (χ0v) is 14.4. The molecule has 2 aromatic carbocycles. The van der Waals surface area contributed by atoms with Crippen LogP contribution in [0.2, 0.25) is 0 Å². The first-order valence-electron chi connectivity index (χ1n) is 8.39. The Labute approximate surface area is 148 Å². The minimum atomic E-state index is -0.228. The lowest BCUT2D eigenvalue weighted by Gasteiger charge is -2.34. The monoisotopic (exact) mass is 337 g/mol. The molecule has 0 unspecified atom stereocenters. The Morgan fingerprint density at radius 1 is 1.08 bits per heavy atom. The highest BCUT2D eigenvalue weighted by molar-refractivity contribution is 5.98. The van der Waals surface area contributed by atoms with Crippen LogP contribution in [0, 0.1) is 0 Å². The van der Waals surface area contributed by atoms with Crippen molar-refractivity contribution in [3.05, 3.63) is 61.2 Å². The van der Waals surface area contributed by atoms with Crippen molar-refractivity contribution in [2.24, 2.45) is 0 Å². The van der Waals surface area contributed by atoms with Crippen LogP contribution in [0.4, 0.5) is 11.4 Å². The summed E-state index contributed by atoms with van der Waals surface area (Å²) < 4.78 is 5.95. The highest BCUT2D eigenvalue weighted by Gasteiger charge is 2.14. The van der Waals surface area contributed by atoms with Crippen LogP contribution >= 0.6 is 0 Å². The van der Waals surface area contributed by atoms with Gasteiger partial charge in [0, 0.05) is 43.6 Å². The van der Waals surface area contributed by atoms with Crippen LogP contribution < -0.4 is 15.0 Å². The van der Waals surface area contributed by atoms with Crippen molar-refractivity contribution in [2.75, 3.05) is 43.4 Å². The predicted molar refractivity (Wildman–Crippen MR) is 101 cm³/mol. The number of carbonyl (C=O) groups excluding carboxylic acids is 1. The Morgan fingerprint density at radius 3 is 2.48 bits per heavy atom. The quantitative estimate of drug-likeness (QED) is 0.850. The maximum atomic E-state index is 11.3.